The van der Waals surface area contributed by atoms with E-state index in [2.05, 4.69) is 4.98 Å². The lowest BCUT2D eigenvalue weighted by Gasteiger charge is -2.29. The molecule has 1 N–H and O–H groups in total. The predicted octanol–water partition coefficient (Wildman–Crippen LogP) is 5.05. The Morgan fingerprint density at radius 2 is 1.97 bits per heavy atom. The minimum Gasteiger partial charge on any atom is -0.491 e. The van der Waals surface area contributed by atoms with Crippen LogP contribution in [0.1, 0.15) is 36.7 Å². The maximum Gasteiger partial charge on any atom is 0.342 e. The number of fused-ring (bicyclic) bond motifs is 1. The van der Waals surface area contributed by atoms with Crippen LogP contribution in [0.5, 0.6) is 5.75 Å². The van der Waals surface area contributed by atoms with E-state index in [0.29, 0.717) is 16.5 Å². The molecule has 1 aromatic heterocycles. The van der Waals surface area contributed by atoms with Crippen LogP contribution < -0.4 is 9.64 Å². The first-order valence-corrected chi connectivity index (χ1v) is 9.38. The third-order valence-corrected chi connectivity index (χ3v) is 4.64. The van der Waals surface area contributed by atoms with Crippen molar-refractivity contribution >= 4 is 28.4 Å². The van der Waals surface area contributed by atoms with E-state index in [4.69, 9.17) is 9.47 Å². The van der Waals surface area contributed by atoms with Gasteiger partial charge in [-0.1, -0.05) is 6.07 Å². The molecule has 0 saturated heterocycles. The highest BCUT2D eigenvalue weighted by molar-refractivity contribution is 6.10. The van der Waals surface area contributed by atoms with Crippen LogP contribution in [0.25, 0.3) is 10.9 Å². The number of nitriles is 1. The summed E-state index contributed by atoms with van der Waals surface area (Å²) >= 11 is 0. The second-order valence-electron chi connectivity index (χ2n) is 6.82. The number of rotatable bonds is 6. The van der Waals surface area contributed by atoms with Crippen molar-refractivity contribution in [3.63, 3.8) is 0 Å². The average Bonchev–Trinajstić information content (AvgIpc) is 3.10. The molecule has 0 atom stereocenters. The number of carbonyl (C=O) groups excluding carboxylic acids is 1. The summed E-state index contributed by atoms with van der Waals surface area (Å²) in [6.45, 7) is 5.43. The van der Waals surface area contributed by atoms with E-state index >= 15 is 4.39 Å². The smallest absolute Gasteiger partial charge is 0.342 e. The standard InChI is InChI=1S/C22H21F2N3O3/c1-5-30-17-9-8-16(19(23)20(17)24)27(12(2)3)21-18(22(28)29-4)14-7-6-13(11-25)10-15(14)26-21/h6-10,12,26H,5H2,1-4H3. The molecule has 30 heavy (non-hydrogen) atoms. The highest BCUT2D eigenvalue weighted by atomic mass is 19.2. The van der Waals surface area contributed by atoms with Gasteiger partial charge < -0.3 is 19.4 Å². The Kier molecular flexibility index (Phi) is 5.92. The summed E-state index contributed by atoms with van der Waals surface area (Å²) in [6.07, 6.45) is 0. The molecule has 156 valence electrons. The van der Waals surface area contributed by atoms with Gasteiger partial charge in [-0.05, 0) is 45.0 Å². The Morgan fingerprint density at radius 1 is 1.23 bits per heavy atom. The maximum atomic E-state index is 15.0. The molecular formula is C22H21F2N3O3. The van der Waals surface area contributed by atoms with Crippen molar-refractivity contribution in [1.29, 1.82) is 5.26 Å². The fourth-order valence-corrected chi connectivity index (χ4v) is 3.37. The molecule has 0 bridgehead atoms. The number of nitrogens with zero attached hydrogens (tertiary/aromatic N) is 2. The van der Waals surface area contributed by atoms with Crippen molar-refractivity contribution in [2.45, 2.75) is 26.8 Å². The van der Waals surface area contributed by atoms with E-state index in [0.717, 1.165) is 0 Å². The van der Waals surface area contributed by atoms with E-state index in [1.165, 1.54) is 24.1 Å². The molecule has 0 spiro atoms. The number of anilines is 2. The van der Waals surface area contributed by atoms with Crippen LogP contribution in [-0.4, -0.2) is 30.7 Å². The van der Waals surface area contributed by atoms with Gasteiger partial charge in [0.1, 0.15) is 11.4 Å². The van der Waals surface area contributed by atoms with Crippen molar-refractivity contribution in [3.05, 3.63) is 53.1 Å². The summed E-state index contributed by atoms with van der Waals surface area (Å²) in [7, 11) is 1.24. The Labute approximate surface area is 172 Å². The van der Waals surface area contributed by atoms with Crippen molar-refractivity contribution in [3.8, 4) is 11.8 Å². The Hall–Kier alpha value is -3.60. The van der Waals surface area contributed by atoms with Gasteiger partial charge in [0.05, 0.1) is 31.0 Å². The fraction of sp³-hybridized carbons (Fsp3) is 0.273. The molecule has 0 fully saturated rings. The Bertz CT molecular complexity index is 1150. The number of methoxy groups -OCH3 is 1. The molecule has 2 aromatic carbocycles. The predicted molar refractivity (Wildman–Crippen MR) is 109 cm³/mol. The number of aromatic amines is 1. The van der Waals surface area contributed by atoms with Gasteiger partial charge in [0.25, 0.3) is 0 Å². The van der Waals surface area contributed by atoms with E-state index in [1.54, 1.807) is 39.0 Å². The fourth-order valence-electron chi connectivity index (χ4n) is 3.37. The molecule has 3 aromatic rings. The van der Waals surface area contributed by atoms with Gasteiger partial charge in [0.15, 0.2) is 11.6 Å². The summed E-state index contributed by atoms with van der Waals surface area (Å²) in [5, 5.41) is 9.68. The first-order valence-electron chi connectivity index (χ1n) is 9.38. The Balaban J connectivity index is 2.28. The lowest BCUT2D eigenvalue weighted by molar-refractivity contribution is 0.0604. The molecule has 0 aliphatic rings. The van der Waals surface area contributed by atoms with Crippen molar-refractivity contribution in [2.75, 3.05) is 18.6 Å². The number of carbonyl (C=O) groups is 1. The molecule has 1 heterocycles. The number of benzene rings is 2. The molecule has 0 saturated carbocycles. The lowest BCUT2D eigenvalue weighted by Crippen LogP contribution is -2.28. The van der Waals surface area contributed by atoms with Crippen LogP contribution in [0.4, 0.5) is 20.3 Å². The summed E-state index contributed by atoms with van der Waals surface area (Å²) in [4.78, 5) is 17.1. The number of esters is 1. The summed E-state index contributed by atoms with van der Waals surface area (Å²) in [5.74, 6) is -2.79. The van der Waals surface area contributed by atoms with Crippen molar-refractivity contribution in [2.24, 2.45) is 0 Å². The van der Waals surface area contributed by atoms with Gasteiger partial charge >= 0.3 is 5.97 Å². The van der Waals surface area contributed by atoms with Gasteiger partial charge in [-0.25, -0.2) is 9.18 Å². The Morgan fingerprint density at radius 3 is 2.57 bits per heavy atom. The maximum absolute atomic E-state index is 15.0. The molecule has 6 nitrogen and oxygen atoms in total. The van der Waals surface area contributed by atoms with Crippen LogP contribution >= 0.6 is 0 Å². The molecule has 0 unspecified atom stereocenters. The second-order valence-corrected chi connectivity index (χ2v) is 6.82. The average molecular weight is 413 g/mol. The molecule has 0 amide bonds. The third-order valence-electron chi connectivity index (χ3n) is 4.64. The zero-order valence-electron chi connectivity index (χ0n) is 17.0. The lowest BCUT2D eigenvalue weighted by atomic mass is 10.1. The minimum absolute atomic E-state index is 0.0665. The number of halogens is 2. The van der Waals surface area contributed by atoms with Gasteiger partial charge in [0, 0.05) is 16.9 Å². The quantitative estimate of drug-likeness (QED) is 0.572. The number of aromatic nitrogens is 1. The van der Waals surface area contributed by atoms with Gasteiger partial charge in [-0.2, -0.15) is 9.65 Å². The van der Waals surface area contributed by atoms with Gasteiger partial charge in [-0.3, -0.25) is 0 Å². The number of hydrogen-bond donors (Lipinski definition) is 1. The third kappa shape index (κ3) is 3.54. The minimum atomic E-state index is -1.11. The number of hydrogen-bond acceptors (Lipinski definition) is 5. The van der Waals surface area contributed by atoms with Crippen LogP contribution in [0.3, 0.4) is 0 Å². The largest absolute Gasteiger partial charge is 0.491 e. The number of ether oxygens (including phenoxy) is 2. The van der Waals surface area contributed by atoms with Gasteiger partial charge in [-0.15, -0.1) is 0 Å². The first kappa shape index (κ1) is 21.1. The van der Waals surface area contributed by atoms with Crippen LogP contribution in [0.15, 0.2) is 30.3 Å². The molecule has 0 aliphatic carbocycles. The normalized spacial score (nSPS) is 10.9. The number of nitrogens with one attached hydrogen (secondary N) is 1. The highest BCUT2D eigenvalue weighted by Crippen LogP contribution is 2.38. The van der Waals surface area contributed by atoms with E-state index in [1.807, 2.05) is 6.07 Å². The first-order chi connectivity index (χ1) is 14.3. The molecular weight excluding hydrogens is 392 g/mol. The number of H-pyrrole nitrogens is 1. The zero-order valence-corrected chi connectivity index (χ0v) is 17.0. The molecule has 0 radical (unpaired) electrons. The van der Waals surface area contributed by atoms with Crippen molar-refractivity contribution < 1.29 is 23.0 Å². The van der Waals surface area contributed by atoms with E-state index in [9.17, 15) is 14.4 Å². The second kappa shape index (κ2) is 8.41. The van der Waals surface area contributed by atoms with E-state index in [-0.39, 0.29) is 35.5 Å². The summed E-state index contributed by atoms with van der Waals surface area (Å²) in [6, 6.07) is 9.20. The zero-order chi connectivity index (χ0) is 22.0. The van der Waals surface area contributed by atoms with Crippen LogP contribution in [0, 0.1) is 23.0 Å². The van der Waals surface area contributed by atoms with Crippen LogP contribution in [0.2, 0.25) is 0 Å². The monoisotopic (exact) mass is 413 g/mol. The van der Waals surface area contributed by atoms with Crippen molar-refractivity contribution in [1.82, 2.24) is 4.98 Å². The SMILES string of the molecule is CCOc1ccc(N(c2[nH]c3cc(C#N)ccc3c2C(=O)OC)C(C)C)c(F)c1F. The molecule has 0 aliphatic heterocycles. The van der Waals surface area contributed by atoms with E-state index < -0.39 is 17.6 Å². The topological polar surface area (TPSA) is 78.4 Å². The molecule has 3 rings (SSSR count). The summed E-state index contributed by atoms with van der Waals surface area (Å²) < 4.78 is 39.6. The highest BCUT2D eigenvalue weighted by Gasteiger charge is 2.29. The summed E-state index contributed by atoms with van der Waals surface area (Å²) in [5.41, 5.74) is 0.991. The van der Waals surface area contributed by atoms with Gasteiger partial charge in [0.2, 0.25) is 5.82 Å². The van der Waals surface area contributed by atoms with Crippen LogP contribution in [-0.2, 0) is 4.74 Å². The molecule has 8 heteroatoms.